The lowest BCUT2D eigenvalue weighted by Crippen LogP contribution is -2.65. The van der Waals surface area contributed by atoms with E-state index in [9.17, 15) is 0 Å². The van der Waals surface area contributed by atoms with Gasteiger partial charge in [-0.3, -0.25) is 19.9 Å². The van der Waals surface area contributed by atoms with Crippen molar-refractivity contribution in [1.82, 2.24) is 19.9 Å². The van der Waals surface area contributed by atoms with Gasteiger partial charge in [-0.1, -0.05) is 73.9 Å². The van der Waals surface area contributed by atoms with E-state index in [1.54, 1.807) is 0 Å². The summed E-state index contributed by atoms with van der Waals surface area (Å²) in [6.07, 6.45) is 7.59. The molecule has 1 aliphatic heterocycles. The van der Waals surface area contributed by atoms with Crippen molar-refractivity contribution in [2.45, 2.75) is 24.7 Å². The number of rotatable bonds is 1. The fourth-order valence-electron chi connectivity index (χ4n) is 6.35. The van der Waals surface area contributed by atoms with Crippen LogP contribution < -0.4 is 16.6 Å². The van der Waals surface area contributed by atoms with Crippen molar-refractivity contribution in [3.05, 3.63) is 137 Å². The normalized spacial score (nSPS) is 16.1. The van der Waals surface area contributed by atoms with E-state index in [4.69, 9.17) is 19.9 Å². The number of hydrogen-bond acceptors (Lipinski definition) is 4. The third-order valence-corrected chi connectivity index (χ3v) is 7.84. The van der Waals surface area contributed by atoms with Gasteiger partial charge in [0, 0.05) is 41.4 Å². The van der Waals surface area contributed by atoms with Gasteiger partial charge in [-0.05, 0) is 46.5 Å². The molecular formula is C30H23BN4. The molecule has 0 fully saturated rings. The summed E-state index contributed by atoms with van der Waals surface area (Å²) < 4.78 is 0. The van der Waals surface area contributed by atoms with Gasteiger partial charge in [-0.15, -0.1) is 0 Å². The minimum atomic E-state index is -0.693. The van der Waals surface area contributed by atoms with Gasteiger partial charge in [0.05, 0.1) is 11.4 Å². The first-order chi connectivity index (χ1) is 17.1. The maximum Gasteiger partial charge on any atom is 0.289 e. The first-order valence-electron chi connectivity index (χ1n) is 12.0. The molecule has 0 unspecified atom stereocenters. The minimum Gasteiger partial charge on any atom is -0.270 e. The summed E-state index contributed by atoms with van der Waals surface area (Å²) in [4.78, 5) is 20.2. The second kappa shape index (κ2) is 7.19. The Morgan fingerprint density at radius 3 is 1.49 bits per heavy atom. The molecule has 166 valence electrons. The molecule has 35 heavy (non-hydrogen) atoms. The molecule has 0 amide bonds. The van der Waals surface area contributed by atoms with Gasteiger partial charge < -0.3 is 0 Å². The molecule has 0 bridgehead atoms. The van der Waals surface area contributed by atoms with Crippen molar-refractivity contribution in [1.29, 1.82) is 0 Å². The van der Waals surface area contributed by atoms with Gasteiger partial charge in [0.15, 0.2) is 0 Å². The van der Waals surface area contributed by atoms with E-state index < -0.39 is 5.41 Å². The van der Waals surface area contributed by atoms with E-state index in [2.05, 4.69) is 68.4 Å². The number of benzene rings is 1. The third-order valence-electron chi connectivity index (χ3n) is 7.84. The molecule has 7 rings (SSSR count). The van der Waals surface area contributed by atoms with Crippen molar-refractivity contribution >= 4 is 23.4 Å². The van der Waals surface area contributed by atoms with E-state index in [0.29, 0.717) is 0 Å². The maximum absolute atomic E-state index is 5.09. The van der Waals surface area contributed by atoms with E-state index in [1.165, 1.54) is 16.6 Å². The molecule has 0 N–H and O–H groups in total. The highest BCUT2D eigenvalue weighted by atomic mass is 14.8. The molecule has 2 aliphatic rings. The highest BCUT2D eigenvalue weighted by Gasteiger charge is 2.56. The number of fused-ring (bicyclic) bond motifs is 8. The average molecular weight is 450 g/mol. The summed E-state index contributed by atoms with van der Waals surface area (Å²) in [5.41, 5.74) is 9.00. The van der Waals surface area contributed by atoms with Gasteiger partial charge in [-0.2, -0.15) is 0 Å². The number of nitrogens with zero attached hydrogens (tertiary/aromatic N) is 4. The Morgan fingerprint density at radius 1 is 0.514 bits per heavy atom. The zero-order chi connectivity index (χ0) is 23.6. The van der Waals surface area contributed by atoms with Gasteiger partial charge in [0.25, 0.3) is 6.71 Å². The second-order valence-electron chi connectivity index (χ2n) is 9.89. The molecule has 0 saturated heterocycles. The fraction of sp³-hybridized carbons (Fsp3) is 0.133. The molecule has 0 saturated carbocycles. The van der Waals surface area contributed by atoms with Gasteiger partial charge in [0.1, 0.15) is 5.41 Å². The lowest BCUT2D eigenvalue weighted by Gasteiger charge is -2.48. The van der Waals surface area contributed by atoms with E-state index >= 15 is 0 Å². The molecule has 0 atom stereocenters. The van der Waals surface area contributed by atoms with Crippen LogP contribution in [0.25, 0.3) is 0 Å². The van der Waals surface area contributed by atoms with Crippen LogP contribution in [0, 0.1) is 0 Å². The van der Waals surface area contributed by atoms with Crippen LogP contribution in [0.5, 0.6) is 0 Å². The monoisotopic (exact) mass is 450 g/mol. The smallest absolute Gasteiger partial charge is 0.270 e. The molecular weight excluding hydrogens is 427 g/mol. The van der Waals surface area contributed by atoms with Crippen molar-refractivity contribution in [3.8, 4) is 0 Å². The summed E-state index contributed by atoms with van der Waals surface area (Å²) in [6.45, 7) is 4.47. The topological polar surface area (TPSA) is 51.6 Å². The summed E-state index contributed by atoms with van der Waals surface area (Å²) in [6, 6.07) is 27.6. The highest BCUT2D eigenvalue weighted by Crippen LogP contribution is 2.54. The summed E-state index contributed by atoms with van der Waals surface area (Å²) in [7, 11) is 0. The predicted molar refractivity (Wildman–Crippen MR) is 139 cm³/mol. The highest BCUT2D eigenvalue weighted by molar-refractivity contribution is 6.95. The van der Waals surface area contributed by atoms with E-state index in [0.717, 1.165) is 33.7 Å². The van der Waals surface area contributed by atoms with Gasteiger partial charge >= 0.3 is 0 Å². The molecule has 4 nitrogen and oxygen atoms in total. The predicted octanol–water partition coefficient (Wildman–Crippen LogP) is 3.12. The molecule has 5 heterocycles. The Bertz CT molecular complexity index is 1500. The van der Waals surface area contributed by atoms with Crippen LogP contribution in [0.1, 0.15) is 47.5 Å². The van der Waals surface area contributed by atoms with Gasteiger partial charge in [0.2, 0.25) is 0 Å². The van der Waals surface area contributed by atoms with Crippen LogP contribution in [0.15, 0.2) is 104 Å². The Kier molecular flexibility index (Phi) is 4.17. The molecule has 1 aromatic carbocycles. The standard InChI is InChI=1S/C30H23BN4/c1-29(2)21-12-6-16-32-25(21)30(26-22(29)13-7-17-33-26)23-14-8-18-34-27(23)31(20-10-4-3-5-11-20)28-24(30)15-9-19-35-28/h3-19H,1-2H3. The maximum atomic E-state index is 5.09. The van der Waals surface area contributed by atoms with Crippen molar-refractivity contribution in [3.63, 3.8) is 0 Å². The van der Waals surface area contributed by atoms with Crippen molar-refractivity contribution < 1.29 is 0 Å². The fourth-order valence-corrected chi connectivity index (χ4v) is 6.35. The molecule has 5 aromatic rings. The molecule has 0 radical (unpaired) electrons. The lowest BCUT2D eigenvalue weighted by molar-refractivity contribution is 0.532. The third kappa shape index (κ3) is 2.53. The minimum absolute atomic E-state index is 0.0662. The average Bonchev–Trinajstić information content (AvgIpc) is 2.92. The van der Waals surface area contributed by atoms with Crippen LogP contribution in [-0.2, 0) is 10.8 Å². The first-order valence-corrected chi connectivity index (χ1v) is 12.0. The van der Waals surface area contributed by atoms with Crippen LogP contribution in [0.2, 0.25) is 0 Å². The van der Waals surface area contributed by atoms with Crippen LogP contribution in [-0.4, -0.2) is 26.6 Å². The quantitative estimate of drug-likeness (QED) is 0.362. The molecule has 1 aliphatic carbocycles. The van der Waals surface area contributed by atoms with Crippen LogP contribution in [0.3, 0.4) is 0 Å². The molecule has 4 aromatic heterocycles. The number of hydrogen-bond donors (Lipinski definition) is 0. The number of pyridine rings is 4. The SMILES string of the molecule is CC1(C)c2cccnc2C2(c3cccnc3B(c3ccccc3)c3ncccc32)c2ncccc21. The number of aromatic nitrogens is 4. The zero-order valence-corrected chi connectivity index (χ0v) is 19.7. The Morgan fingerprint density at radius 2 is 0.971 bits per heavy atom. The van der Waals surface area contributed by atoms with Crippen LogP contribution >= 0.6 is 0 Å². The van der Waals surface area contributed by atoms with Gasteiger partial charge in [-0.25, -0.2) is 0 Å². The van der Waals surface area contributed by atoms with Crippen molar-refractivity contribution in [2.75, 3.05) is 0 Å². The summed E-state index contributed by atoms with van der Waals surface area (Å²) in [5, 5.41) is 0. The largest absolute Gasteiger partial charge is 0.289 e. The molecule has 5 heteroatoms. The zero-order valence-electron chi connectivity index (χ0n) is 19.7. The Hall–Kier alpha value is -4.12. The van der Waals surface area contributed by atoms with Crippen molar-refractivity contribution in [2.24, 2.45) is 0 Å². The van der Waals surface area contributed by atoms with Crippen LogP contribution in [0.4, 0.5) is 0 Å². The summed E-state index contributed by atoms with van der Waals surface area (Å²) >= 11 is 0. The molecule has 1 spiro atoms. The van der Waals surface area contributed by atoms with E-state index in [-0.39, 0.29) is 12.1 Å². The second-order valence-corrected chi connectivity index (χ2v) is 9.89. The summed E-state index contributed by atoms with van der Waals surface area (Å²) in [5.74, 6) is 0. The first kappa shape index (κ1) is 20.3. The Balaban J connectivity index is 1.69. The van der Waals surface area contributed by atoms with E-state index in [1.807, 2.05) is 49.1 Å². The Labute approximate surface area is 205 Å². The lowest BCUT2D eigenvalue weighted by atomic mass is 9.33.